The Morgan fingerprint density at radius 3 is 2.50 bits per heavy atom. The molecule has 1 fully saturated rings. The van der Waals surface area contributed by atoms with E-state index in [-0.39, 0.29) is 6.42 Å². The maximum Gasteiger partial charge on any atom is 0.320 e. The third-order valence-corrected chi connectivity index (χ3v) is 2.65. The van der Waals surface area contributed by atoms with Crippen molar-refractivity contribution in [3.8, 4) is 0 Å². The van der Waals surface area contributed by atoms with Gasteiger partial charge >= 0.3 is 11.9 Å². The van der Waals surface area contributed by atoms with Crippen LogP contribution >= 0.6 is 0 Å². The first kappa shape index (κ1) is 10.8. The van der Waals surface area contributed by atoms with Crippen molar-refractivity contribution in [3.63, 3.8) is 0 Å². The third kappa shape index (κ3) is 1.97. The summed E-state index contributed by atoms with van der Waals surface area (Å²) in [6.45, 7) is 0. The van der Waals surface area contributed by atoms with Crippen molar-refractivity contribution in [1.29, 1.82) is 0 Å². The summed E-state index contributed by atoms with van der Waals surface area (Å²) in [6, 6.07) is 9.34. The highest BCUT2D eigenvalue weighted by Gasteiger charge is 2.40. The highest BCUT2D eigenvalue weighted by molar-refractivity contribution is 5.95. The number of rotatable bonds is 3. The number of carbonyl (C=O) groups excluding carboxylic acids is 2. The number of ether oxygens (including phenoxy) is 2. The third-order valence-electron chi connectivity index (χ3n) is 2.65. The van der Waals surface area contributed by atoms with Crippen LogP contribution in [0.3, 0.4) is 0 Å². The van der Waals surface area contributed by atoms with Crippen LogP contribution in [0.15, 0.2) is 30.3 Å². The Morgan fingerprint density at radius 2 is 2.00 bits per heavy atom. The van der Waals surface area contributed by atoms with Gasteiger partial charge in [0.1, 0.15) is 0 Å². The molecule has 2 atom stereocenters. The second-order valence-corrected chi connectivity index (χ2v) is 3.67. The Bertz CT molecular complexity index is 399. The van der Waals surface area contributed by atoms with Gasteiger partial charge in [0.2, 0.25) is 0 Å². The molecule has 84 valence electrons. The minimum atomic E-state index is -0.528. The molecule has 0 spiro atoms. The fourth-order valence-electron chi connectivity index (χ4n) is 1.90. The summed E-state index contributed by atoms with van der Waals surface area (Å²) in [5.41, 5.74) is 0.877. The lowest BCUT2D eigenvalue weighted by atomic mass is 9.94. The van der Waals surface area contributed by atoms with Crippen LogP contribution in [0, 0.1) is 5.92 Å². The molecule has 0 aromatic heterocycles. The summed E-state index contributed by atoms with van der Waals surface area (Å²) in [5, 5.41) is 0. The lowest BCUT2D eigenvalue weighted by Gasteiger charge is -2.18. The summed E-state index contributed by atoms with van der Waals surface area (Å²) in [7, 11) is 1.52. The van der Waals surface area contributed by atoms with E-state index in [0.717, 1.165) is 5.56 Å². The Kier molecular flexibility index (Phi) is 3.01. The van der Waals surface area contributed by atoms with E-state index in [1.807, 2.05) is 30.3 Å². The van der Waals surface area contributed by atoms with Crippen LogP contribution in [0.4, 0.5) is 0 Å². The number of carbonyl (C=O) groups is 2. The Hall–Kier alpha value is -1.68. The highest BCUT2D eigenvalue weighted by Crippen LogP contribution is 2.32. The van der Waals surface area contributed by atoms with Crippen LogP contribution < -0.4 is 0 Å². The average molecular weight is 220 g/mol. The summed E-state index contributed by atoms with van der Waals surface area (Å²) in [5.74, 6) is -1.51. The molecule has 1 saturated heterocycles. The molecule has 0 bridgehead atoms. The molecule has 1 aliphatic rings. The van der Waals surface area contributed by atoms with Crippen LogP contribution in [0.1, 0.15) is 18.1 Å². The Morgan fingerprint density at radius 1 is 1.31 bits per heavy atom. The Balaban J connectivity index is 2.24. The number of cyclic esters (lactones) is 2. The molecule has 0 aliphatic carbocycles. The topological polar surface area (TPSA) is 52.6 Å². The van der Waals surface area contributed by atoms with E-state index in [4.69, 9.17) is 4.74 Å². The maximum atomic E-state index is 11.4. The predicted molar refractivity (Wildman–Crippen MR) is 55.4 cm³/mol. The normalized spacial score (nSPS) is 21.9. The minimum Gasteiger partial charge on any atom is -0.393 e. The molecule has 1 aromatic carbocycles. The number of hydrogen-bond donors (Lipinski definition) is 0. The first-order valence-corrected chi connectivity index (χ1v) is 5.04. The second-order valence-electron chi connectivity index (χ2n) is 3.67. The Labute approximate surface area is 93.2 Å². The van der Waals surface area contributed by atoms with E-state index >= 15 is 0 Å². The fourth-order valence-corrected chi connectivity index (χ4v) is 1.90. The van der Waals surface area contributed by atoms with E-state index in [1.54, 1.807) is 0 Å². The molecule has 1 aromatic rings. The predicted octanol–water partition coefficient (Wildman–Crippen LogP) is 1.46. The molecule has 0 amide bonds. The monoisotopic (exact) mass is 220 g/mol. The van der Waals surface area contributed by atoms with Crippen molar-refractivity contribution in [2.45, 2.75) is 12.5 Å². The van der Waals surface area contributed by atoms with Gasteiger partial charge in [-0.1, -0.05) is 30.3 Å². The zero-order valence-corrected chi connectivity index (χ0v) is 8.88. The minimum absolute atomic E-state index is 0.0895. The van der Waals surface area contributed by atoms with E-state index in [9.17, 15) is 9.59 Å². The average Bonchev–Trinajstić information content (AvgIpc) is 2.61. The highest BCUT2D eigenvalue weighted by atomic mass is 16.6. The molecule has 1 heterocycles. The molecule has 2 rings (SSSR count). The van der Waals surface area contributed by atoms with E-state index in [1.165, 1.54) is 7.11 Å². The van der Waals surface area contributed by atoms with Crippen molar-refractivity contribution in [2.75, 3.05) is 7.11 Å². The number of esters is 2. The molecule has 2 unspecified atom stereocenters. The van der Waals surface area contributed by atoms with E-state index in [2.05, 4.69) is 4.74 Å². The van der Waals surface area contributed by atoms with Gasteiger partial charge in [-0.2, -0.15) is 0 Å². The van der Waals surface area contributed by atoms with Gasteiger partial charge in [-0.05, 0) is 5.56 Å². The molecule has 1 aliphatic heterocycles. The first-order valence-electron chi connectivity index (χ1n) is 5.04. The van der Waals surface area contributed by atoms with Gasteiger partial charge in [0, 0.05) is 7.11 Å². The van der Waals surface area contributed by atoms with Gasteiger partial charge in [0.05, 0.1) is 18.4 Å². The SMILES string of the molecule is COC(c1ccccc1)C1CC(=O)OC1=O. The lowest BCUT2D eigenvalue weighted by molar-refractivity contribution is -0.154. The zero-order valence-electron chi connectivity index (χ0n) is 8.88. The molecular formula is C12H12O4. The summed E-state index contributed by atoms with van der Waals surface area (Å²) < 4.78 is 9.81. The molecule has 16 heavy (non-hydrogen) atoms. The van der Waals surface area contributed by atoms with Crippen molar-refractivity contribution < 1.29 is 19.1 Å². The number of hydrogen-bond acceptors (Lipinski definition) is 4. The molecule has 4 nitrogen and oxygen atoms in total. The van der Waals surface area contributed by atoms with Gasteiger partial charge in [-0.25, -0.2) is 0 Å². The van der Waals surface area contributed by atoms with Crippen molar-refractivity contribution >= 4 is 11.9 Å². The van der Waals surface area contributed by atoms with Crippen molar-refractivity contribution in [1.82, 2.24) is 0 Å². The number of benzene rings is 1. The largest absolute Gasteiger partial charge is 0.393 e. The van der Waals surface area contributed by atoms with Crippen LogP contribution in [-0.2, 0) is 19.1 Å². The zero-order chi connectivity index (χ0) is 11.5. The standard InChI is InChI=1S/C12H12O4/c1-15-11(8-5-3-2-4-6-8)9-7-10(13)16-12(9)14/h2-6,9,11H,7H2,1H3. The van der Waals surface area contributed by atoms with E-state index in [0.29, 0.717) is 0 Å². The van der Waals surface area contributed by atoms with Crippen LogP contribution in [0.5, 0.6) is 0 Å². The summed E-state index contributed by atoms with van der Waals surface area (Å²) >= 11 is 0. The molecule has 4 heteroatoms. The first-order chi connectivity index (χ1) is 7.72. The lowest BCUT2D eigenvalue weighted by Crippen LogP contribution is -2.19. The van der Waals surface area contributed by atoms with Gasteiger partial charge in [-0.3, -0.25) is 9.59 Å². The van der Waals surface area contributed by atoms with Gasteiger partial charge in [0.25, 0.3) is 0 Å². The summed E-state index contributed by atoms with van der Waals surface area (Å²) in [6.07, 6.45) is -0.327. The van der Waals surface area contributed by atoms with Gasteiger partial charge in [-0.15, -0.1) is 0 Å². The summed E-state index contributed by atoms with van der Waals surface area (Å²) in [4.78, 5) is 22.5. The van der Waals surface area contributed by atoms with E-state index < -0.39 is 24.0 Å². The molecular weight excluding hydrogens is 208 g/mol. The fraction of sp³-hybridized carbons (Fsp3) is 0.333. The molecule has 0 saturated carbocycles. The molecule has 0 N–H and O–H groups in total. The van der Waals surface area contributed by atoms with Crippen LogP contribution in [0.25, 0.3) is 0 Å². The van der Waals surface area contributed by atoms with Crippen LogP contribution in [0.2, 0.25) is 0 Å². The van der Waals surface area contributed by atoms with Crippen LogP contribution in [-0.4, -0.2) is 19.0 Å². The van der Waals surface area contributed by atoms with Gasteiger partial charge < -0.3 is 9.47 Å². The van der Waals surface area contributed by atoms with Gasteiger partial charge in [0.15, 0.2) is 0 Å². The smallest absolute Gasteiger partial charge is 0.320 e. The quantitative estimate of drug-likeness (QED) is 0.571. The number of methoxy groups -OCH3 is 1. The second kappa shape index (κ2) is 4.45. The van der Waals surface area contributed by atoms with Crippen molar-refractivity contribution in [3.05, 3.63) is 35.9 Å². The maximum absolute atomic E-state index is 11.4. The molecule has 0 radical (unpaired) electrons. The van der Waals surface area contributed by atoms with Crippen molar-refractivity contribution in [2.24, 2.45) is 5.92 Å².